The fourth-order valence-corrected chi connectivity index (χ4v) is 4.15. The molecule has 1 N–H and O–H groups in total. The Morgan fingerprint density at radius 2 is 1.65 bits per heavy atom. The normalized spacial score (nSPS) is 18.1. The smallest absolute Gasteiger partial charge is 0.159 e. The van der Waals surface area contributed by atoms with Crippen LogP contribution in [0.2, 0.25) is 0 Å². The SMILES string of the molecule is Fc1ccc(COC2CNCCC2c2ccc(OCCCOCc3ccccc3)cc2)cc1F. The second kappa shape index (κ2) is 12.6. The van der Waals surface area contributed by atoms with Gasteiger partial charge in [0.15, 0.2) is 11.6 Å². The number of piperidine rings is 1. The maximum atomic E-state index is 13.5. The minimum absolute atomic E-state index is 0.0459. The summed E-state index contributed by atoms with van der Waals surface area (Å²) in [5, 5.41) is 3.36. The van der Waals surface area contributed by atoms with Crippen molar-refractivity contribution in [1.82, 2.24) is 5.32 Å². The lowest BCUT2D eigenvalue weighted by atomic mass is 9.87. The van der Waals surface area contributed by atoms with E-state index in [1.807, 2.05) is 30.3 Å². The summed E-state index contributed by atoms with van der Waals surface area (Å²) in [4.78, 5) is 0. The third-order valence-corrected chi connectivity index (χ3v) is 6.00. The Bertz CT molecular complexity index is 1010. The number of benzene rings is 3. The highest BCUT2D eigenvalue weighted by atomic mass is 19.2. The van der Waals surface area contributed by atoms with E-state index < -0.39 is 11.6 Å². The van der Waals surface area contributed by atoms with Crippen molar-refractivity contribution in [3.63, 3.8) is 0 Å². The molecule has 34 heavy (non-hydrogen) atoms. The molecule has 4 nitrogen and oxygen atoms in total. The van der Waals surface area contributed by atoms with Crippen molar-refractivity contribution in [2.75, 3.05) is 26.3 Å². The largest absolute Gasteiger partial charge is 0.494 e. The molecule has 0 aromatic heterocycles. The number of hydrogen-bond acceptors (Lipinski definition) is 4. The topological polar surface area (TPSA) is 39.7 Å². The zero-order chi connectivity index (χ0) is 23.6. The number of halogens is 2. The van der Waals surface area contributed by atoms with Crippen LogP contribution in [0.1, 0.15) is 35.4 Å². The van der Waals surface area contributed by atoms with E-state index in [4.69, 9.17) is 14.2 Å². The summed E-state index contributed by atoms with van der Waals surface area (Å²) in [6, 6.07) is 22.2. The fourth-order valence-electron chi connectivity index (χ4n) is 4.15. The Hall–Kier alpha value is -2.80. The minimum Gasteiger partial charge on any atom is -0.494 e. The summed E-state index contributed by atoms with van der Waals surface area (Å²) < 4.78 is 44.3. The maximum Gasteiger partial charge on any atom is 0.159 e. The molecule has 6 heteroatoms. The highest BCUT2D eigenvalue weighted by Crippen LogP contribution is 2.30. The van der Waals surface area contributed by atoms with Gasteiger partial charge < -0.3 is 19.5 Å². The maximum absolute atomic E-state index is 13.5. The Kier molecular flexibility index (Phi) is 9.02. The van der Waals surface area contributed by atoms with Gasteiger partial charge in [-0.25, -0.2) is 8.78 Å². The molecular weight excluding hydrogens is 436 g/mol. The molecule has 1 saturated heterocycles. The van der Waals surface area contributed by atoms with E-state index in [0.29, 0.717) is 25.4 Å². The monoisotopic (exact) mass is 467 g/mol. The Morgan fingerprint density at radius 3 is 2.44 bits per heavy atom. The van der Waals surface area contributed by atoms with Gasteiger partial charge in [-0.2, -0.15) is 0 Å². The molecule has 0 saturated carbocycles. The van der Waals surface area contributed by atoms with Crippen LogP contribution in [0.3, 0.4) is 0 Å². The lowest BCUT2D eigenvalue weighted by molar-refractivity contribution is 0.0105. The molecule has 1 heterocycles. The van der Waals surface area contributed by atoms with Crippen LogP contribution in [-0.4, -0.2) is 32.4 Å². The molecule has 1 fully saturated rings. The Labute approximate surface area is 199 Å². The van der Waals surface area contributed by atoms with Crippen molar-refractivity contribution in [2.24, 2.45) is 0 Å². The van der Waals surface area contributed by atoms with E-state index in [1.165, 1.54) is 17.2 Å². The highest BCUT2D eigenvalue weighted by molar-refractivity contribution is 5.30. The summed E-state index contributed by atoms with van der Waals surface area (Å²) in [5.74, 6) is -0.632. The molecule has 180 valence electrons. The summed E-state index contributed by atoms with van der Waals surface area (Å²) in [5.41, 5.74) is 2.99. The van der Waals surface area contributed by atoms with E-state index >= 15 is 0 Å². The van der Waals surface area contributed by atoms with Gasteiger partial charge in [-0.05, 0) is 53.9 Å². The van der Waals surface area contributed by atoms with Crippen LogP contribution < -0.4 is 10.1 Å². The third-order valence-electron chi connectivity index (χ3n) is 6.00. The second-order valence-electron chi connectivity index (χ2n) is 8.51. The van der Waals surface area contributed by atoms with E-state index in [2.05, 4.69) is 29.6 Å². The lowest BCUT2D eigenvalue weighted by Crippen LogP contribution is -2.40. The molecule has 3 aromatic carbocycles. The van der Waals surface area contributed by atoms with E-state index in [9.17, 15) is 8.78 Å². The van der Waals surface area contributed by atoms with Crippen molar-refractivity contribution in [3.8, 4) is 5.75 Å². The lowest BCUT2D eigenvalue weighted by Gasteiger charge is -2.32. The second-order valence-corrected chi connectivity index (χ2v) is 8.51. The standard InChI is InChI=1S/C28H31F2NO3/c29-26-12-7-22(17-27(26)30)20-34-28-18-31-14-13-25(28)23-8-10-24(11-9-23)33-16-4-15-32-19-21-5-2-1-3-6-21/h1-3,5-12,17,25,28,31H,4,13-16,18-20H2. The number of rotatable bonds is 11. The van der Waals surface area contributed by atoms with Crippen LogP contribution in [0.25, 0.3) is 0 Å². The quantitative estimate of drug-likeness (QED) is 0.372. The molecule has 0 bridgehead atoms. The first-order chi connectivity index (χ1) is 16.7. The number of nitrogens with one attached hydrogen (secondary N) is 1. The molecule has 0 amide bonds. The molecule has 2 unspecified atom stereocenters. The molecule has 0 aliphatic carbocycles. The van der Waals surface area contributed by atoms with Gasteiger partial charge in [-0.1, -0.05) is 48.5 Å². The minimum atomic E-state index is -0.849. The molecule has 4 rings (SSSR count). The molecule has 2 atom stereocenters. The first-order valence-corrected chi connectivity index (χ1v) is 11.8. The Balaban J connectivity index is 1.22. The van der Waals surface area contributed by atoms with Gasteiger partial charge in [0, 0.05) is 18.9 Å². The van der Waals surface area contributed by atoms with Crippen molar-refractivity contribution >= 4 is 0 Å². The zero-order valence-electron chi connectivity index (χ0n) is 19.2. The van der Waals surface area contributed by atoms with Crippen LogP contribution in [0, 0.1) is 11.6 Å². The third kappa shape index (κ3) is 7.10. The van der Waals surface area contributed by atoms with E-state index in [-0.39, 0.29) is 18.6 Å². The average Bonchev–Trinajstić information content (AvgIpc) is 2.88. The summed E-state index contributed by atoms with van der Waals surface area (Å²) in [6.07, 6.45) is 1.72. The van der Waals surface area contributed by atoms with Gasteiger partial charge in [-0.3, -0.25) is 0 Å². The molecule has 1 aliphatic rings. The first kappa shape index (κ1) is 24.3. The average molecular weight is 468 g/mol. The summed E-state index contributed by atoms with van der Waals surface area (Å²) >= 11 is 0. The number of hydrogen-bond donors (Lipinski definition) is 1. The van der Waals surface area contributed by atoms with Crippen LogP contribution in [-0.2, 0) is 22.7 Å². The predicted molar refractivity (Wildman–Crippen MR) is 128 cm³/mol. The van der Waals surface area contributed by atoms with Gasteiger partial charge in [0.2, 0.25) is 0 Å². The van der Waals surface area contributed by atoms with Crippen LogP contribution >= 0.6 is 0 Å². The van der Waals surface area contributed by atoms with Crippen molar-refractivity contribution in [3.05, 3.63) is 101 Å². The van der Waals surface area contributed by atoms with Crippen LogP contribution in [0.15, 0.2) is 72.8 Å². The van der Waals surface area contributed by atoms with Crippen LogP contribution in [0.4, 0.5) is 8.78 Å². The molecule has 3 aromatic rings. The van der Waals surface area contributed by atoms with Crippen molar-refractivity contribution in [1.29, 1.82) is 0 Å². The van der Waals surface area contributed by atoms with E-state index in [1.54, 1.807) is 6.07 Å². The van der Waals surface area contributed by atoms with E-state index in [0.717, 1.165) is 37.7 Å². The Morgan fingerprint density at radius 1 is 0.824 bits per heavy atom. The molecule has 1 aliphatic heterocycles. The molecule has 0 radical (unpaired) electrons. The van der Waals surface area contributed by atoms with Gasteiger partial charge >= 0.3 is 0 Å². The van der Waals surface area contributed by atoms with Gasteiger partial charge in [-0.15, -0.1) is 0 Å². The zero-order valence-corrected chi connectivity index (χ0v) is 19.2. The molecular formula is C28H31F2NO3. The predicted octanol–water partition coefficient (Wildman–Crippen LogP) is 5.61. The van der Waals surface area contributed by atoms with Gasteiger partial charge in [0.25, 0.3) is 0 Å². The summed E-state index contributed by atoms with van der Waals surface area (Å²) in [6.45, 7) is 3.74. The number of ether oxygens (including phenoxy) is 3. The fraction of sp³-hybridized carbons (Fsp3) is 0.357. The van der Waals surface area contributed by atoms with Gasteiger partial charge in [0.1, 0.15) is 5.75 Å². The van der Waals surface area contributed by atoms with Crippen LogP contribution in [0.5, 0.6) is 5.75 Å². The molecule has 0 spiro atoms. The first-order valence-electron chi connectivity index (χ1n) is 11.8. The van der Waals surface area contributed by atoms with Crippen molar-refractivity contribution < 1.29 is 23.0 Å². The summed E-state index contributed by atoms with van der Waals surface area (Å²) in [7, 11) is 0. The highest BCUT2D eigenvalue weighted by Gasteiger charge is 2.27. The van der Waals surface area contributed by atoms with Crippen molar-refractivity contribution in [2.45, 2.75) is 38.1 Å². The van der Waals surface area contributed by atoms with Gasteiger partial charge in [0.05, 0.1) is 32.5 Å².